The summed E-state index contributed by atoms with van der Waals surface area (Å²) in [6.45, 7) is 4.03. The first-order valence-corrected chi connectivity index (χ1v) is 13.0. The van der Waals surface area contributed by atoms with Crippen LogP contribution in [0, 0.1) is 40.7 Å². The molecule has 4 saturated carbocycles. The zero-order chi connectivity index (χ0) is 25.7. The van der Waals surface area contributed by atoms with Gasteiger partial charge in [-0.25, -0.2) is 8.78 Å². The monoisotopic (exact) mass is 495 g/mol. The van der Waals surface area contributed by atoms with E-state index in [4.69, 9.17) is 5.73 Å². The number of benzene rings is 1. The topological polar surface area (TPSA) is 85.1 Å². The third kappa shape index (κ3) is 4.58. The molecule has 3 N–H and O–H groups in total. The summed E-state index contributed by atoms with van der Waals surface area (Å²) >= 11 is 0. The van der Waals surface area contributed by atoms with E-state index in [1.54, 1.807) is 18.5 Å². The van der Waals surface area contributed by atoms with Crippen LogP contribution in [0.4, 0.5) is 8.78 Å². The van der Waals surface area contributed by atoms with Crippen LogP contribution in [-0.2, 0) is 21.4 Å². The van der Waals surface area contributed by atoms with Gasteiger partial charge in [0.05, 0.1) is 6.04 Å². The van der Waals surface area contributed by atoms with Crippen molar-refractivity contribution in [2.75, 3.05) is 6.54 Å². The molecule has 1 aromatic heterocycles. The van der Waals surface area contributed by atoms with Gasteiger partial charge in [-0.2, -0.15) is 0 Å². The SMILES string of the molecule is CC(C)(CNC(=O)C(N)C1C2CC3CC1CC(C(=O)Cc1ccncc1)(C3)C2)c1ccc(F)c(F)c1. The molecule has 4 aliphatic rings. The summed E-state index contributed by atoms with van der Waals surface area (Å²) in [5.74, 6) is -0.532. The van der Waals surface area contributed by atoms with Gasteiger partial charge in [0.2, 0.25) is 5.91 Å². The van der Waals surface area contributed by atoms with Crippen molar-refractivity contribution < 1.29 is 18.4 Å². The fourth-order valence-electron chi connectivity index (χ4n) is 7.48. The highest BCUT2D eigenvalue weighted by atomic mass is 19.2. The molecular formula is C29H35F2N3O2. The van der Waals surface area contributed by atoms with E-state index in [1.165, 1.54) is 6.07 Å². The molecule has 192 valence electrons. The van der Waals surface area contributed by atoms with Gasteiger partial charge in [-0.3, -0.25) is 14.6 Å². The molecule has 4 fully saturated rings. The van der Waals surface area contributed by atoms with E-state index in [0.29, 0.717) is 23.7 Å². The molecule has 2 aromatic rings. The van der Waals surface area contributed by atoms with E-state index in [0.717, 1.165) is 43.7 Å². The summed E-state index contributed by atoms with van der Waals surface area (Å²) in [5.41, 5.74) is 7.32. The van der Waals surface area contributed by atoms with Crippen LogP contribution >= 0.6 is 0 Å². The molecule has 1 heterocycles. The Balaban J connectivity index is 1.24. The Hall–Kier alpha value is -2.67. The normalized spacial score (nSPS) is 29.7. The van der Waals surface area contributed by atoms with Crippen LogP contribution in [0.1, 0.15) is 57.1 Å². The van der Waals surface area contributed by atoms with Gasteiger partial charge in [-0.15, -0.1) is 0 Å². The lowest BCUT2D eigenvalue weighted by Crippen LogP contribution is -2.61. The molecule has 0 radical (unpaired) electrons. The van der Waals surface area contributed by atoms with Gasteiger partial charge >= 0.3 is 0 Å². The second kappa shape index (κ2) is 9.33. The summed E-state index contributed by atoms with van der Waals surface area (Å²) in [6, 6.07) is 7.01. The molecule has 0 aliphatic heterocycles. The second-order valence-electron chi connectivity index (χ2n) is 12.0. The number of nitrogens with zero attached hydrogens (tertiary/aromatic N) is 1. The molecule has 6 rings (SSSR count). The van der Waals surface area contributed by atoms with Crippen LogP contribution in [0.15, 0.2) is 42.7 Å². The smallest absolute Gasteiger partial charge is 0.237 e. The van der Waals surface area contributed by atoms with E-state index in [1.807, 2.05) is 26.0 Å². The second-order valence-corrected chi connectivity index (χ2v) is 12.0. The van der Waals surface area contributed by atoms with Crippen LogP contribution < -0.4 is 11.1 Å². The summed E-state index contributed by atoms with van der Waals surface area (Å²) < 4.78 is 27.1. The average molecular weight is 496 g/mol. The number of pyridine rings is 1. The van der Waals surface area contributed by atoms with Crippen molar-refractivity contribution in [1.82, 2.24) is 10.3 Å². The molecule has 0 saturated heterocycles. The summed E-state index contributed by atoms with van der Waals surface area (Å²) in [6.07, 6.45) is 8.55. The molecule has 0 spiro atoms. The summed E-state index contributed by atoms with van der Waals surface area (Å²) in [5, 5.41) is 2.98. The number of hydrogen-bond acceptors (Lipinski definition) is 4. The Morgan fingerprint density at radius 3 is 2.39 bits per heavy atom. The first-order chi connectivity index (χ1) is 17.1. The number of rotatable bonds is 8. The molecule has 3 atom stereocenters. The van der Waals surface area contributed by atoms with Crippen LogP contribution in [-0.4, -0.2) is 29.3 Å². The number of aromatic nitrogens is 1. The van der Waals surface area contributed by atoms with E-state index >= 15 is 0 Å². The Morgan fingerprint density at radius 1 is 1.08 bits per heavy atom. The van der Waals surface area contributed by atoms with Crippen molar-refractivity contribution in [3.63, 3.8) is 0 Å². The van der Waals surface area contributed by atoms with Gasteiger partial charge in [0.25, 0.3) is 0 Å². The van der Waals surface area contributed by atoms with Gasteiger partial charge in [-0.05, 0) is 91.2 Å². The number of carbonyl (C=O) groups is 2. The van der Waals surface area contributed by atoms with Crippen LogP contribution in [0.2, 0.25) is 0 Å². The molecular weight excluding hydrogens is 460 g/mol. The predicted octanol–water partition coefficient (Wildman–Crippen LogP) is 4.34. The minimum atomic E-state index is -0.899. The van der Waals surface area contributed by atoms with E-state index < -0.39 is 23.1 Å². The van der Waals surface area contributed by atoms with Gasteiger partial charge in [0.1, 0.15) is 5.78 Å². The average Bonchev–Trinajstić information content (AvgIpc) is 2.84. The minimum Gasteiger partial charge on any atom is -0.354 e. The molecule has 5 nitrogen and oxygen atoms in total. The number of nitrogens with two attached hydrogens (primary N) is 1. The number of ketones is 1. The van der Waals surface area contributed by atoms with Crippen molar-refractivity contribution in [2.24, 2.45) is 34.8 Å². The third-order valence-corrected chi connectivity index (χ3v) is 9.17. The van der Waals surface area contributed by atoms with Crippen molar-refractivity contribution in [2.45, 2.75) is 63.8 Å². The number of nitrogens with one attached hydrogen (secondary N) is 1. The largest absolute Gasteiger partial charge is 0.354 e. The van der Waals surface area contributed by atoms with Gasteiger partial charge in [0, 0.05) is 36.2 Å². The predicted molar refractivity (Wildman–Crippen MR) is 133 cm³/mol. The molecule has 1 aromatic carbocycles. The highest BCUT2D eigenvalue weighted by molar-refractivity contribution is 5.87. The lowest BCUT2D eigenvalue weighted by molar-refractivity contribution is -0.153. The molecule has 4 bridgehead atoms. The van der Waals surface area contributed by atoms with E-state index in [9.17, 15) is 18.4 Å². The maximum atomic E-state index is 13.7. The van der Waals surface area contributed by atoms with Crippen molar-refractivity contribution in [3.05, 3.63) is 65.5 Å². The zero-order valence-corrected chi connectivity index (χ0v) is 21.0. The van der Waals surface area contributed by atoms with Crippen LogP contribution in [0.3, 0.4) is 0 Å². The number of hydrogen-bond donors (Lipinski definition) is 2. The van der Waals surface area contributed by atoms with Crippen molar-refractivity contribution in [1.29, 1.82) is 0 Å². The number of carbonyl (C=O) groups excluding carboxylic acids is 2. The Labute approximate surface area is 211 Å². The molecule has 7 heteroatoms. The Bertz CT molecular complexity index is 1140. The lowest BCUT2D eigenvalue weighted by atomic mass is 9.44. The number of amides is 1. The maximum Gasteiger partial charge on any atom is 0.237 e. The lowest BCUT2D eigenvalue weighted by Gasteiger charge is -2.60. The van der Waals surface area contributed by atoms with Gasteiger partial charge in [0.15, 0.2) is 11.6 Å². The Kier molecular flexibility index (Phi) is 6.48. The van der Waals surface area contributed by atoms with E-state index in [2.05, 4.69) is 10.3 Å². The van der Waals surface area contributed by atoms with E-state index in [-0.39, 0.29) is 35.6 Å². The molecule has 1 amide bonds. The molecule has 4 aliphatic carbocycles. The van der Waals surface area contributed by atoms with Gasteiger partial charge < -0.3 is 11.1 Å². The first-order valence-electron chi connectivity index (χ1n) is 13.0. The number of halogens is 2. The quantitative estimate of drug-likeness (QED) is 0.571. The third-order valence-electron chi connectivity index (χ3n) is 9.17. The number of Topliss-reactive ketones (excluding diaryl/α,β-unsaturated/α-hetero) is 1. The zero-order valence-electron chi connectivity index (χ0n) is 21.0. The van der Waals surface area contributed by atoms with Crippen molar-refractivity contribution >= 4 is 11.7 Å². The van der Waals surface area contributed by atoms with Gasteiger partial charge in [-0.1, -0.05) is 19.9 Å². The van der Waals surface area contributed by atoms with Crippen LogP contribution in [0.5, 0.6) is 0 Å². The highest BCUT2D eigenvalue weighted by Crippen LogP contribution is 2.63. The minimum absolute atomic E-state index is 0.0646. The highest BCUT2D eigenvalue weighted by Gasteiger charge is 2.59. The van der Waals surface area contributed by atoms with Crippen molar-refractivity contribution in [3.8, 4) is 0 Å². The fourth-order valence-corrected chi connectivity index (χ4v) is 7.48. The van der Waals surface area contributed by atoms with Crippen LogP contribution in [0.25, 0.3) is 0 Å². The standard InChI is InChI=1S/C29H35F2N3O2/c1-28(2,21-3-4-22(30)23(31)12-21)16-34-27(36)26(32)25-19-9-18-10-20(25)15-29(13-18,14-19)24(35)11-17-5-7-33-8-6-17/h3-8,12,18-20,25-26H,9-11,13-16,32H2,1-2H3,(H,34,36). The fraction of sp³-hybridized carbons (Fsp3) is 0.552. The Morgan fingerprint density at radius 2 is 1.75 bits per heavy atom. The summed E-state index contributed by atoms with van der Waals surface area (Å²) in [7, 11) is 0. The molecule has 3 unspecified atom stereocenters. The molecule has 36 heavy (non-hydrogen) atoms. The first kappa shape index (κ1) is 25.0. The summed E-state index contributed by atoms with van der Waals surface area (Å²) in [4.78, 5) is 30.7. The maximum absolute atomic E-state index is 13.7.